The van der Waals surface area contributed by atoms with Gasteiger partial charge in [0.2, 0.25) is 0 Å². The molecule has 0 heterocycles. The Morgan fingerprint density at radius 1 is 1.20 bits per heavy atom. The number of rotatable bonds is 10. The zero-order chi connectivity index (χ0) is 14.6. The number of benzene rings is 1. The molecule has 1 rings (SSSR count). The number of esters is 1. The number of carbonyl (C=O) groups excluding carboxylic acids is 1. The van der Waals surface area contributed by atoms with Gasteiger partial charge >= 0.3 is 5.97 Å². The van der Waals surface area contributed by atoms with Crippen LogP contribution < -0.4 is 10.5 Å². The third-order valence-corrected chi connectivity index (χ3v) is 2.34. The molecule has 0 radical (unpaired) electrons. The first-order valence-electron chi connectivity index (χ1n) is 6.43. The van der Waals surface area contributed by atoms with Crippen molar-refractivity contribution >= 4 is 11.7 Å². The van der Waals surface area contributed by atoms with Crippen LogP contribution in [0.1, 0.15) is 6.42 Å². The fourth-order valence-corrected chi connectivity index (χ4v) is 1.38. The van der Waals surface area contributed by atoms with Gasteiger partial charge in [-0.25, -0.2) is 4.79 Å². The van der Waals surface area contributed by atoms with E-state index < -0.39 is 5.97 Å². The average molecular weight is 283 g/mol. The van der Waals surface area contributed by atoms with Crippen molar-refractivity contribution in [1.82, 2.24) is 0 Å². The molecule has 20 heavy (non-hydrogen) atoms. The molecule has 0 unspecified atom stereocenters. The zero-order valence-electron chi connectivity index (χ0n) is 11.7. The summed E-state index contributed by atoms with van der Waals surface area (Å²) in [6.07, 6.45) is 0.647. The van der Waals surface area contributed by atoms with Gasteiger partial charge in [-0.3, -0.25) is 0 Å². The van der Waals surface area contributed by atoms with Crippen LogP contribution in [0.4, 0.5) is 5.69 Å². The second kappa shape index (κ2) is 10.1. The summed E-state index contributed by atoms with van der Waals surface area (Å²) in [5.41, 5.74) is 6.18. The smallest absolute Gasteiger partial charge is 0.344 e. The molecule has 0 saturated carbocycles. The van der Waals surface area contributed by atoms with Crippen molar-refractivity contribution in [3.8, 4) is 5.75 Å². The van der Waals surface area contributed by atoms with E-state index >= 15 is 0 Å². The Hall–Kier alpha value is -1.79. The van der Waals surface area contributed by atoms with Gasteiger partial charge in [-0.1, -0.05) is 6.07 Å². The zero-order valence-corrected chi connectivity index (χ0v) is 11.7. The fourth-order valence-electron chi connectivity index (χ4n) is 1.38. The highest BCUT2D eigenvalue weighted by Gasteiger charge is 2.04. The predicted octanol–water partition coefficient (Wildman–Crippen LogP) is 1.24. The first kappa shape index (κ1) is 16.3. The third kappa shape index (κ3) is 7.60. The van der Waals surface area contributed by atoms with Crippen LogP contribution in [0.2, 0.25) is 0 Å². The summed E-state index contributed by atoms with van der Waals surface area (Å²) >= 11 is 0. The molecule has 6 nitrogen and oxygen atoms in total. The summed E-state index contributed by atoms with van der Waals surface area (Å²) in [6, 6.07) is 6.88. The van der Waals surface area contributed by atoms with Gasteiger partial charge in [0.25, 0.3) is 0 Å². The van der Waals surface area contributed by atoms with Crippen molar-refractivity contribution in [2.24, 2.45) is 0 Å². The fraction of sp³-hybridized carbons (Fsp3) is 0.500. The molecule has 0 bridgehead atoms. The lowest BCUT2D eigenvalue weighted by Crippen LogP contribution is -2.16. The summed E-state index contributed by atoms with van der Waals surface area (Å²) < 4.78 is 20.3. The monoisotopic (exact) mass is 283 g/mol. The number of hydrogen-bond donors (Lipinski definition) is 1. The summed E-state index contributed by atoms with van der Waals surface area (Å²) in [5, 5.41) is 0. The third-order valence-electron chi connectivity index (χ3n) is 2.34. The maximum atomic E-state index is 11.4. The Balaban J connectivity index is 2.03. The van der Waals surface area contributed by atoms with E-state index in [1.807, 2.05) is 0 Å². The Labute approximate surface area is 118 Å². The molecule has 0 saturated heterocycles. The van der Waals surface area contributed by atoms with E-state index in [1.165, 1.54) is 0 Å². The largest absolute Gasteiger partial charge is 0.482 e. The van der Waals surface area contributed by atoms with Crippen molar-refractivity contribution in [1.29, 1.82) is 0 Å². The minimum Gasteiger partial charge on any atom is -0.482 e. The van der Waals surface area contributed by atoms with Crippen LogP contribution in [0.5, 0.6) is 5.75 Å². The normalized spacial score (nSPS) is 10.2. The minimum absolute atomic E-state index is 0.131. The number of anilines is 1. The standard InChI is InChI=1S/C14H21NO5/c1-17-8-9-18-6-3-7-19-14(16)11-20-13-5-2-4-12(15)10-13/h2,4-5,10H,3,6-9,11,15H2,1H3. The van der Waals surface area contributed by atoms with E-state index in [0.717, 1.165) is 0 Å². The second-order valence-electron chi connectivity index (χ2n) is 4.04. The van der Waals surface area contributed by atoms with Crippen LogP contribution in [0.15, 0.2) is 24.3 Å². The molecule has 0 aromatic heterocycles. The van der Waals surface area contributed by atoms with E-state index in [0.29, 0.717) is 44.3 Å². The average Bonchev–Trinajstić information content (AvgIpc) is 2.44. The van der Waals surface area contributed by atoms with Gasteiger partial charge in [0.05, 0.1) is 19.8 Å². The van der Waals surface area contributed by atoms with E-state index in [-0.39, 0.29) is 6.61 Å². The number of nitrogens with two attached hydrogens (primary N) is 1. The highest BCUT2D eigenvalue weighted by Crippen LogP contribution is 2.14. The highest BCUT2D eigenvalue weighted by molar-refractivity contribution is 5.71. The molecular formula is C14H21NO5. The summed E-state index contributed by atoms with van der Waals surface area (Å²) in [7, 11) is 1.62. The molecule has 0 aliphatic rings. The molecule has 2 N–H and O–H groups in total. The number of methoxy groups -OCH3 is 1. The van der Waals surface area contributed by atoms with Gasteiger partial charge in [-0.2, -0.15) is 0 Å². The molecule has 6 heteroatoms. The van der Waals surface area contributed by atoms with Crippen molar-refractivity contribution in [3.05, 3.63) is 24.3 Å². The van der Waals surface area contributed by atoms with Gasteiger partial charge < -0.3 is 24.7 Å². The number of hydrogen-bond acceptors (Lipinski definition) is 6. The lowest BCUT2D eigenvalue weighted by atomic mass is 10.3. The van der Waals surface area contributed by atoms with E-state index in [4.69, 9.17) is 24.7 Å². The molecule has 0 atom stereocenters. The van der Waals surface area contributed by atoms with E-state index in [2.05, 4.69) is 0 Å². The maximum Gasteiger partial charge on any atom is 0.344 e. The van der Waals surface area contributed by atoms with Crippen molar-refractivity contribution in [2.45, 2.75) is 6.42 Å². The van der Waals surface area contributed by atoms with Crippen molar-refractivity contribution in [3.63, 3.8) is 0 Å². The Morgan fingerprint density at radius 3 is 2.80 bits per heavy atom. The van der Waals surface area contributed by atoms with E-state index in [1.54, 1.807) is 31.4 Å². The van der Waals surface area contributed by atoms with Crippen LogP contribution in [-0.2, 0) is 19.0 Å². The lowest BCUT2D eigenvalue weighted by Gasteiger charge is -2.07. The second-order valence-corrected chi connectivity index (χ2v) is 4.04. The van der Waals surface area contributed by atoms with Gasteiger partial charge in [-0.05, 0) is 12.1 Å². The van der Waals surface area contributed by atoms with E-state index in [9.17, 15) is 4.79 Å². The van der Waals surface area contributed by atoms with Crippen LogP contribution >= 0.6 is 0 Å². The van der Waals surface area contributed by atoms with Crippen LogP contribution in [0.25, 0.3) is 0 Å². The first-order chi connectivity index (χ1) is 9.72. The molecule has 1 aromatic rings. The first-order valence-corrected chi connectivity index (χ1v) is 6.43. The van der Waals surface area contributed by atoms with Gasteiger partial charge in [0.15, 0.2) is 6.61 Å². The molecule has 0 spiro atoms. The lowest BCUT2D eigenvalue weighted by molar-refractivity contribution is -0.146. The summed E-state index contributed by atoms with van der Waals surface area (Å²) in [4.78, 5) is 11.4. The van der Waals surface area contributed by atoms with Crippen LogP contribution in [0, 0.1) is 0 Å². The SMILES string of the molecule is COCCOCCCOC(=O)COc1cccc(N)c1. The quantitative estimate of drug-likeness (QED) is 0.395. The molecule has 0 aliphatic carbocycles. The minimum atomic E-state index is -0.413. The summed E-state index contributed by atoms with van der Waals surface area (Å²) in [5.74, 6) is 0.133. The van der Waals surface area contributed by atoms with Crippen LogP contribution in [0.3, 0.4) is 0 Å². The van der Waals surface area contributed by atoms with Gasteiger partial charge in [0.1, 0.15) is 5.75 Å². The predicted molar refractivity (Wildman–Crippen MR) is 74.6 cm³/mol. The number of nitrogen functional groups attached to an aromatic ring is 1. The number of ether oxygens (including phenoxy) is 4. The molecular weight excluding hydrogens is 262 g/mol. The van der Waals surface area contributed by atoms with Crippen molar-refractivity contribution in [2.75, 3.05) is 45.9 Å². The van der Waals surface area contributed by atoms with Crippen LogP contribution in [-0.4, -0.2) is 46.1 Å². The Morgan fingerprint density at radius 2 is 2.05 bits per heavy atom. The molecule has 1 aromatic carbocycles. The molecule has 112 valence electrons. The Kier molecular flexibility index (Phi) is 8.17. The molecule has 0 fully saturated rings. The van der Waals surface area contributed by atoms with Crippen molar-refractivity contribution < 1.29 is 23.7 Å². The molecule has 0 aliphatic heterocycles. The molecule has 0 amide bonds. The van der Waals surface area contributed by atoms with Gasteiger partial charge in [0, 0.05) is 31.9 Å². The summed E-state index contributed by atoms with van der Waals surface area (Å²) in [6.45, 7) is 1.82. The number of carbonyl (C=O) groups is 1. The maximum absolute atomic E-state index is 11.4. The topological polar surface area (TPSA) is 80.0 Å². The highest BCUT2D eigenvalue weighted by atomic mass is 16.6. The van der Waals surface area contributed by atoms with Gasteiger partial charge in [-0.15, -0.1) is 0 Å². The Bertz CT molecular complexity index is 397.